The molecule has 9 nitrogen and oxygen atoms in total. The van der Waals surface area contributed by atoms with Crippen LogP contribution in [0.15, 0.2) is 34.3 Å². The van der Waals surface area contributed by atoms with Crippen molar-refractivity contribution in [3.8, 4) is 0 Å². The standard InChI is InChI=1S/C15H15N5O4S2/c1-3-6-4-25-13-9(12(22)20(13)10(6)14(23)24)19-11(21)8(17-2)7-5-26-15(16)18-7/h3,5,9,13H,1,4H2,2H3,(H2,16,18)(H,19,21)(H,23,24)/t9-,13-/m1/s1. The molecule has 0 bridgehead atoms. The van der Waals surface area contributed by atoms with Gasteiger partial charge in [-0.3, -0.25) is 19.5 Å². The van der Waals surface area contributed by atoms with E-state index in [9.17, 15) is 19.5 Å². The number of carbonyl (C=O) groups is 3. The van der Waals surface area contributed by atoms with Crippen molar-refractivity contribution in [3.63, 3.8) is 0 Å². The van der Waals surface area contributed by atoms with Gasteiger partial charge in [-0.1, -0.05) is 12.7 Å². The van der Waals surface area contributed by atoms with Crippen LogP contribution in [-0.4, -0.2) is 62.7 Å². The highest BCUT2D eigenvalue weighted by Crippen LogP contribution is 2.40. The van der Waals surface area contributed by atoms with E-state index in [0.29, 0.717) is 22.2 Å². The van der Waals surface area contributed by atoms with Crippen molar-refractivity contribution in [1.29, 1.82) is 0 Å². The first kappa shape index (κ1) is 18.1. The lowest BCUT2D eigenvalue weighted by atomic mass is 10.0. The summed E-state index contributed by atoms with van der Waals surface area (Å²) in [6.45, 7) is 3.59. The number of hydrogen-bond donors (Lipinski definition) is 3. The molecule has 1 fully saturated rings. The number of aromatic nitrogens is 1. The Kier molecular flexibility index (Phi) is 4.83. The highest BCUT2D eigenvalue weighted by molar-refractivity contribution is 8.00. The van der Waals surface area contributed by atoms with Crippen LogP contribution in [0.5, 0.6) is 0 Å². The van der Waals surface area contributed by atoms with E-state index >= 15 is 0 Å². The van der Waals surface area contributed by atoms with E-state index in [1.54, 1.807) is 5.38 Å². The maximum absolute atomic E-state index is 12.5. The SMILES string of the molecule is C=CC1=C(C(=O)O)N2C(=O)[C@@H](NC(=O)C(=NC)c3csc(N)n3)[C@H]2SC1. The van der Waals surface area contributed by atoms with E-state index in [4.69, 9.17) is 5.73 Å². The van der Waals surface area contributed by atoms with Gasteiger partial charge in [0.05, 0.1) is 0 Å². The molecule has 4 N–H and O–H groups in total. The highest BCUT2D eigenvalue weighted by atomic mass is 32.2. The average Bonchev–Trinajstić information content (AvgIpc) is 3.04. The van der Waals surface area contributed by atoms with Crippen LogP contribution in [0.1, 0.15) is 5.69 Å². The third-order valence-corrected chi connectivity index (χ3v) is 5.91. The van der Waals surface area contributed by atoms with Gasteiger partial charge in [0.25, 0.3) is 11.8 Å². The van der Waals surface area contributed by atoms with E-state index in [-0.39, 0.29) is 11.4 Å². The first-order valence-corrected chi connectivity index (χ1v) is 9.34. The van der Waals surface area contributed by atoms with Gasteiger partial charge in [-0.2, -0.15) is 0 Å². The van der Waals surface area contributed by atoms with Crippen LogP contribution in [0.4, 0.5) is 5.13 Å². The zero-order chi connectivity index (χ0) is 19.0. The molecule has 2 amide bonds. The maximum Gasteiger partial charge on any atom is 0.352 e. The molecule has 1 aromatic heterocycles. The van der Waals surface area contributed by atoms with Gasteiger partial charge in [-0.05, 0) is 5.57 Å². The number of thiazole rings is 1. The van der Waals surface area contributed by atoms with Crippen LogP contribution in [0.25, 0.3) is 0 Å². The van der Waals surface area contributed by atoms with Crippen molar-refractivity contribution in [1.82, 2.24) is 15.2 Å². The van der Waals surface area contributed by atoms with Crippen LogP contribution in [0.2, 0.25) is 0 Å². The van der Waals surface area contributed by atoms with Crippen LogP contribution >= 0.6 is 23.1 Å². The van der Waals surface area contributed by atoms with Gasteiger partial charge in [-0.25, -0.2) is 9.78 Å². The smallest absolute Gasteiger partial charge is 0.352 e. The number of hydrogen-bond acceptors (Lipinski definition) is 8. The van der Waals surface area contributed by atoms with Gasteiger partial charge < -0.3 is 16.2 Å². The predicted octanol–water partition coefficient (Wildman–Crippen LogP) is 0.0688. The van der Waals surface area contributed by atoms with Gasteiger partial charge in [0.1, 0.15) is 28.5 Å². The number of carboxylic acids is 1. The second-order valence-electron chi connectivity index (χ2n) is 5.39. The Labute approximate surface area is 156 Å². The number of amides is 2. The molecule has 0 radical (unpaired) electrons. The molecule has 136 valence electrons. The minimum absolute atomic E-state index is 0.0609. The molecule has 3 heterocycles. The number of rotatable bonds is 5. The second kappa shape index (κ2) is 6.92. The molecule has 2 aliphatic heterocycles. The van der Waals surface area contributed by atoms with Crippen LogP contribution in [-0.2, 0) is 14.4 Å². The summed E-state index contributed by atoms with van der Waals surface area (Å²) in [6.07, 6.45) is 1.43. The van der Waals surface area contributed by atoms with E-state index < -0.39 is 29.2 Å². The summed E-state index contributed by atoms with van der Waals surface area (Å²) in [5, 5.41) is 13.4. The average molecular weight is 393 g/mol. The number of nitrogen functional groups attached to an aromatic ring is 1. The van der Waals surface area contributed by atoms with Crippen molar-refractivity contribution in [2.45, 2.75) is 11.4 Å². The van der Waals surface area contributed by atoms with Gasteiger partial charge in [0.15, 0.2) is 5.13 Å². The van der Waals surface area contributed by atoms with Crippen molar-refractivity contribution in [3.05, 3.63) is 35.0 Å². The molecule has 0 aliphatic carbocycles. The van der Waals surface area contributed by atoms with Gasteiger partial charge in [-0.15, -0.1) is 23.1 Å². The molecule has 1 saturated heterocycles. The lowest BCUT2D eigenvalue weighted by Crippen LogP contribution is -2.71. The zero-order valence-corrected chi connectivity index (χ0v) is 15.3. The quantitative estimate of drug-likeness (QED) is 0.475. The summed E-state index contributed by atoms with van der Waals surface area (Å²) in [5.74, 6) is -1.85. The van der Waals surface area contributed by atoms with Crippen molar-refractivity contribution in [2.75, 3.05) is 18.5 Å². The fourth-order valence-corrected chi connectivity index (χ4v) is 4.63. The van der Waals surface area contributed by atoms with Crippen molar-refractivity contribution < 1.29 is 19.5 Å². The molecular weight excluding hydrogens is 378 g/mol. The van der Waals surface area contributed by atoms with Crippen molar-refractivity contribution >= 4 is 51.7 Å². The molecule has 0 spiro atoms. The van der Waals surface area contributed by atoms with E-state index in [1.165, 1.54) is 41.1 Å². The van der Waals surface area contributed by atoms with Crippen LogP contribution in [0.3, 0.4) is 0 Å². The number of β-lactam (4-membered cyclic amide) rings is 1. The number of nitrogens with zero attached hydrogens (tertiary/aromatic N) is 3. The summed E-state index contributed by atoms with van der Waals surface area (Å²) >= 11 is 2.54. The highest BCUT2D eigenvalue weighted by Gasteiger charge is 2.54. The molecule has 0 unspecified atom stereocenters. The summed E-state index contributed by atoms with van der Waals surface area (Å²) < 4.78 is 0. The Morgan fingerprint density at radius 3 is 2.85 bits per heavy atom. The third-order valence-electron chi connectivity index (χ3n) is 3.94. The molecule has 2 aliphatic rings. The molecular formula is C15H15N5O4S2. The summed E-state index contributed by atoms with van der Waals surface area (Å²) in [4.78, 5) is 45.6. The minimum atomic E-state index is -1.20. The summed E-state index contributed by atoms with van der Waals surface area (Å²) in [5.41, 5.74) is 6.35. The number of carbonyl (C=O) groups excluding carboxylic acids is 2. The lowest BCUT2D eigenvalue weighted by Gasteiger charge is -2.49. The van der Waals surface area contributed by atoms with Crippen LogP contribution < -0.4 is 11.1 Å². The molecule has 0 aromatic carbocycles. The first-order chi connectivity index (χ1) is 12.4. The topological polar surface area (TPSA) is 138 Å². The van der Waals surface area contributed by atoms with E-state index in [0.717, 1.165) is 0 Å². The van der Waals surface area contributed by atoms with Gasteiger partial charge >= 0.3 is 5.97 Å². The molecule has 26 heavy (non-hydrogen) atoms. The first-order valence-electron chi connectivity index (χ1n) is 7.41. The lowest BCUT2D eigenvalue weighted by molar-refractivity contribution is -0.150. The summed E-state index contributed by atoms with van der Waals surface area (Å²) in [6, 6.07) is -0.832. The number of aliphatic imine (C=N–C) groups is 1. The molecule has 11 heteroatoms. The number of aliphatic carboxylic acids is 1. The van der Waals surface area contributed by atoms with Crippen molar-refractivity contribution in [2.24, 2.45) is 4.99 Å². The van der Waals surface area contributed by atoms with E-state index in [2.05, 4.69) is 21.9 Å². The Morgan fingerprint density at radius 1 is 1.58 bits per heavy atom. The van der Waals surface area contributed by atoms with Gasteiger partial charge in [0.2, 0.25) is 0 Å². The minimum Gasteiger partial charge on any atom is -0.477 e. The second-order valence-corrected chi connectivity index (χ2v) is 7.38. The largest absolute Gasteiger partial charge is 0.477 e. The fourth-order valence-electron chi connectivity index (χ4n) is 2.74. The van der Waals surface area contributed by atoms with Crippen LogP contribution in [0, 0.1) is 0 Å². The zero-order valence-electron chi connectivity index (χ0n) is 13.6. The fraction of sp³-hybridized carbons (Fsp3) is 0.267. The van der Waals surface area contributed by atoms with E-state index in [1.807, 2.05) is 0 Å². The Bertz CT molecular complexity index is 875. The third kappa shape index (κ3) is 2.88. The predicted molar refractivity (Wildman–Crippen MR) is 98.9 cm³/mol. The Morgan fingerprint density at radius 2 is 2.31 bits per heavy atom. The number of nitrogens with one attached hydrogen (secondary N) is 1. The molecule has 0 saturated carbocycles. The number of nitrogens with two attached hydrogens (primary N) is 1. The number of allylic oxidation sites excluding steroid dienone is 1. The number of anilines is 1. The molecule has 1 aromatic rings. The Balaban J connectivity index is 1.78. The number of carboxylic acid groups (broad SMARTS) is 1. The Hall–Kier alpha value is -2.66. The normalized spacial score (nSPS) is 22.6. The number of fused-ring (bicyclic) bond motifs is 1. The van der Waals surface area contributed by atoms with Gasteiger partial charge in [0, 0.05) is 18.2 Å². The maximum atomic E-state index is 12.5. The summed E-state index contributed by atoms with van der Waals surface area (Å²) in [7, 11) is 1.44. The monoisotopic (exact) mass is 393 g/mol. The number of thioether (sulfide) groups is 1. The molecule has 2 atom stereocenters. The molecule has 3 rings (SSSR count).